The largest absolute Gasteiger partial charge is 0.303 e. The number of hydrogen-bond acceptors (Lipinski definition) is 2. The average molecular weight is 211 g/mol. The van der Waals surface area contributed by atoms with Crippen molar-refractivity contribution < 1.29 is 0 Å². The maximum atomic E-state index is 4.11. The summed E-state index contributed by atoms with van der Waals surface area (Å²) in [4.78, 5) is 0. The molecule has 1 fully saturated rings. The topological polar surface area (TPSA) is 12.0 Å². The van der Waals surface area contributed by atoms with Crippen molar-refractivity contribution in [2.75, 3.05) is 5.75 Å². The smallest absolute Gasteiger partial charge is 0.0518 e. The van der Waals surface area contributed by atoms with Gasteiger partial charge < -0.3 is 5.32 Å². The fraction of sp³-hybridized carbons (Fsp3) is 0.667. The van der Waals surface area contributed by atoms with Gasteiger partial charge in [0.25, 0.3) is 0 Å². The molecule has 0 amide bonds. The molecule has 0 aromatic heterocycles. The van der Waals surface area contributed by atoms with E-state index in [1.54, 1.807) is 0 Å². The van der Waals surface area contributed by atoms with Gasteiger partial charge in [0.1, 0.15) is 0 Å². The maximum absolute atomic E-state index is 4.11. The normalized spacial score (nSPS) is 38.9. The zero-order valence-electron chi connectivity index (χ0n) is 9.63. The second kappa shape index (κ2) is 4.54. The van der Waals surface area contributed by atoms with E-state index in [0.717, 1.165) is 0 Å². The van der Waals surface area contributed by atoms with E-state index in [1.165, 1.54) is 11.3 Å². The molecule has 2 heteroatoms. The molecule has 1 aliphatic heterocycles. The Morgan fingerprint density at radius 2 is 2.29 bits per heavy atom. The van der Waals surface area contributed by atoms with Gasteiger partial charge in [-0.15, -0.1) is 0 Å². The van der Waals surface area contributed by atoms with Crippen molar-refractivity contribution in [3.8, 4) is 0 Å². The van der Waals surface area contributed by atoms with Crippen LogP contribution in [0.4, 0.5) is 0 Å². The molecule has 0 bridgehead atoms. The van der Waals surface area contributed by atoms with E-state index in [-0.39, 0.29) is 5.54 Å². The molecular weight excluding hydrogens is 190 g/mol. The second-order valence-electron chi connectivity index (χ2n) is 4.31. The second-order valence-corrected chi connectivity index (χ2v) is 5.48. The first-order valence-corrected chi connectivity index (χ1v) is 6.23. The van der Waals surface area contributed by atoms with E-state index in [9.17, 15) is 0 Å². The van der Waals surface area contributed by atoms with Gasteiger partial charge in [0.05, 0.1) is 5.54 Å². The van der Waals surface area contributed by atoms with Crippen molar-refractivity contribution in [3.63, 3.8) is 0 Å². The predicted molar refractivity (Wildman–Crippen MR) is 66.9 cm³/mol. The Hall–Kier alpha value is -0.210. The fourth-order valence-electron chi connectivity index (χ4n) is 1.84. The van der Waals surface area contributed by atoms with Gasteiger partial charge in [-0.3, -0.25) is 0 Å². The van der Waals surface area contributed by atoms with Gasteiger partial charge >= 0.3 is 0 Å². The van der Waals surface area contributed by atoms with Crippen LogP contribution in [-0.4, -0.2) is 22.6 Å². The molecule has 0 spiro atoms. The molecule has 0 aromatic carbocycles. The summed E-state index contributed by atoms with van der Waals surface area (Å²) in [5.74, 6) is 1.18. The lowest BCUT2D eigenvalue weighted by Gasteiger charge is -2.44. The van der Waals surface area contributed by atoms with E-state index >= 15 is 0 Å². The molecule has 1 heterocycles. The minimum Gasteiger partial charge on any atom is -0.303 e. The Labute approximate surface area is 92.0 Å². The Balaban J connectivity index is 2.88. The van der Waals surface area contributed by atoms with Gasteiger partial charge in [0.15, 0.2) is 0 Å². The minimum absolute atomic E-state index is 0.0504. The van der Waals surface area contributed by atoms with E-state index in [2.05, 4.69) is 51.7 Å². The van der Waals surface area contributed by atoms with Gasteiger partial charge in [-0.05, 0) is 27.7 Å². The van der Waals surface area contributed by atoms with Crippen LogP contribution in [0.15, 0.2) is 24.3 Å². The summed E-state index contributed by atoms with van der Waals surface area (Å²) in [6.07, 6.45) is 4.41. The van der Waals surface area contributed by atoms with Gasteiger partial charge in [-0.25, -0.2) is 0 Å². The van der Waals surface area contributed by atoms with Crippen molar-refractivity contribution in [1.82, 2.24) is 5.32 Å². The summed E-state index contributed by atoms with van der Waals surface area (Å²) in [7, 11) is 0. The quantitative estimate of drug-likeness (QED) is 0.705. The maximum Gasteiger partial charge on any atom is 0.0518 e. The zero-order chi connectivity index (χ0) is 10.8. The molecule has 0 aromatic rings. The highest BCUT2D eigenvalue weighted by Gasteiger charge is 2.38. The minimum atomic E-state index is 0.0504. The highest BCUT2D eigenvalue weighted by Crippen LogP contribution is 2.34. The van der Waals surface area contributed by atoms with Crippen molar-refractivity contribution >= 4 is 11.8 Å². The fourth-order valence-corrected chi connectivity index (χ4v) is 3.29. The molecule has 1 aliphatic rings. The van der Waals surface area contributed by atoms with E-state index < -0.39 is 0 Å². The molecule has 0 saturated carbocycles. The SMILES string of the molecule is C=C(C)C1(C)NC(C)CSC1C=CC. The van der Waals surface area contributed by atoms with Crippen LogP contribution in [0.3, 0.4) is 0 Å². The molecule has 1 saturated heterocycles. The van der Waals surface area contributed by atoms with Crippen LogP contribution in [0.1, 0.15) is 27.7 Å². The van der Waals surface area contributed by atoms with Crippen LogP contribution in [-0.2, 0) is 0 Å². The first-order valence-electron chi connectivity index (χ1n) is 5.18. The number of nitrogens with one attached hydrogen (secondary N) is 1. The molecule has 14 heavy (non-hydrogen) atoms. The molecule has 3 unspecified atom stereocenters. The van der Waals surface area contributed by atoms with Gasteiger partial charge in [0.2, 0.25) is 0 Å². The lowest BCUT2D eigenvalue weighted by Crippen LogP contribution is -2.58. The zero-order valence-corrected chi connectivity index (χ0v) is 10.4. The first-order chi connectivity index (χ1) is 6.50. The van der Waals surface area contributed by atoms with Crippen molar-refractivity contribution in [3.05, 3.63) is 24.3 Å². The number of allylic oxidation sites excluding steroid dienone is 1. The summed E-state index contributed by atoms with van der Waals surface area (Å²) >= 11 is 2.02. The van der Waals surface area contributed by atoms with Crippen LogP contribution >= 0.6 is 11.8 Å². The van der Waals surface area contributed by atoms with Crippen LogP contribution in [0, 0.1) is 0 Å². The standard InChI is InChI=1S/C12H21NS/c1-6-7-11-12(5,9(2)3)13-10(4)8-14-11/h6-7,10-11,13H,2,8H2,1,3-5H3. The van der Waals surface area contributed by atoms with E-state index in [0.29, 0.717) is 11.3 Å². The highest BCUT2D eigenvalue weighted by molar-refractivity contribution is 8.00. The van der Waals surface area contributed by atoms with Crippen LogP contribution in [0.2, 0.25) is 0 Å². The van der Waals surface area contributed by atoms with Crippen LogP contribution in [0.5, 0.6) is 0 Å². The summed E-state index contributed by atoms with van der Waals surface area (Å²) in [6, 6.07) is 0.572. The predicted octanol–water partition coefficient (Wildman–Crippen LogP) is 2.99. The Morgan fingerprint density at radius 1 is 1.64 bits per heavy atom. The van der Waals surface area contributed by atoms with E-state index in [1.807, 2.05) is 11.8 Å². The molecule has 3 atom stereocenters. The number of thioether (sulfide) groups is 1. The lowest BCUT2D eigenvalue weighted by molar-refractivity contribution is 0.377. The van der Waals surface area contributed by atoms with Crippen LogP contribution in [0.25, 0.3) is 0 Å². The average Bonchev–Trinajstić information content (AvgIpc) is 2.10. The monoisotopic (exact) mass is 211 g/mol. The third-order valence-electron chi connectivity index (χ3n) is 2.89. The Kier molecular flexibility index (Phi) is 3.85. The summed E-state index contributed by atoms with van der Waals surface area (Å²) < 4.78 is 0. The van der Waals surface area contributed by atoms with Crippen molar-refractivity contribution in [2.45, 2.75) is 44.5 Å². The van der Waals surface area contributed by atoms with Gasteiger partial charge in [0, 0.05) is 17.0 Å². The number of hydrogen-bond donors (Lipinski definition) is 1. The Morgan fingerprint density at radius 3 is 2.79 bits per heavy atom. The molecule has 1 N–H and O–H groups in total. The van der Waals surface area contributed by atoms with Crippen molar-refractivity contribution in [2.24, 2.45) is 0 Å². The molecule has 80 valence electrons. The third kappa shape index (κ3) is 2.23. The van der Waals surface area contributed by atoms with E-state index in [4.69, 9.17) is 0 Å². The third-order valence-corrected chi connectivity index (χ3v) is 4.57. The van der Waals surface area contributed by atoms with Crippen LogP contribution < -0.4 is 5.32 Å². The summed E-state index contributed by atoms with van der Waals surface area (Å²) in [5, 5.41) is 4.17. The molecule has 0 radical (unpaired) electrons. The first kappa shape index (κ1) is 11.9. The number of rotatable bonds is 2. The molecule has 1 rings (SSSR count). The highest BCUT2D eigenvalue weighted by atomic mass is 32.2. The van der Waals surface area contributed by atoms with Gasteiger partial charge in [-0.2, -0.15) is 11.8 Å². The lowest BCUT2D eigenvalue weighted by atomic mass is 9.88. The molecule has 0 aliphatic carbocycles. The molecular formula is C12H21NS. The molecule has 1 nitrogen and oxygen atoms in total. The van der Waals surface area contributed by atoms with Gasteiger partial charge in [-0.1, -0.05) is 24.3 Å². The Bertz CT molecular complexity index is 247. The summed E-state index contributed by atoms with van der Waals surface area (Å²) in [6.45, 7) is 12.8. The summed E-state index contributed by atoms with van der Waals surface area (Å²) in [5.41, 5.74) is 1.27. The van der Waals surface area contributed by atoms with Crippen molar-refractivity contribution in [1.29, 1.82) is 0 Å².